The number of hydrogen-bond donors (Lipinski definition) is 2. The highest BCUT2D eigenvalue weighted by atomic mass is 32.1. The maximum Gasteiger partial charge on any atom is 0.405 e. The number of carbonyl (C=O) groups is 1. The number of rotatable bonds is 5. The van der Waals surface area contributed by atoms with Gasteiger partial charge in [0.2, 0.25) is 0 Å². The molecule has 26 heavy (non-hydrogen) atoms. The number of alkyl halides is 3. The standard InChI is InChI=1S/C15H19F3N6OS/c1-23-9-10(6-22-23)14-21-7-11(26-14)13(25)20-8-12(15(16,17)18)24-4-2-19-3-5-24/h6-7,9,12,19H,2-5,8H2,1H3,(H,20,25). The summed E-state index contributed by atoms with van der Waals surface area (Å²) >= 11 is 1.12. The van der Waals surface area contributed by atoms with E-state index < -0.39 is 24.7 Å². The van der Waals surface area contributed by atoms with Crippen LogP contribution in [0.3, 0.4) is 0 Å². The summed E-state index contributed by atoms with van der Waals surface area (Å²) in [5.74, 6) is -0.554. The van der Waals surface area contributed by atoms with Crippen LogP contribution in [0.1, 0.15) is 9.67 Å². The minimum absolute atomic E-state index is 0.269. The van der Waals surface area contributed by atoms with Gasteiger partial charge in [-0.2, -0.15) is 18.3 Å². The van der Waals surface area contributed by atoms with Crippen LogP contribution in [0.5, 0.6) is 0 Å². The van der Waals surface area contributed by atoms with Crippen LogP contribution in [0.25, 0.3) is 10.6 Å². The third-order valence-corrected chi connectivity index (χ3v) is 5.15. The molecule has 3 rings (SSSR count). The van der Waals surface area contributed by atoms with Crippen molar-refractivity contribution in [2.24, 2.45) is 7.05 Å². The van der Waals surface area contributed by atoms with Gasteiger partial charge < -0.3 is 10.6 Å². The van der Waals surface area contributed by atoms with Crippen molar-refractivity contribution in [3.05, 3.63) is 23.5 Å². The fourth-order valence-electron chi connectivity index (χ4n) is 2.77. The van der Waals surface area contributed by atoms with Crippen LogP contribution >= 0.6 is 11.3 Å². The molecule has 1 atom stereocenters. The normalized spacial score (nSPS) is 17.2. The molecule has 2 N–H and O–H groups in total. The van der Waals surface area contributed by atoms with Crippen molar-refractivity contribution >= 4 is 17.2 Å². The third kappa shape index (κ3) is 4.40. The molecule has 1 aliphatic rings. The fourth-order valence-corrected chi connectivity index (χ4v) is 3.57. The summed E-state index contributed by atoms with van der Waals surface area (Å²) in [6.45, 7) is 1.12. The first-order valence-electron chi connectivity index (χ1n) is 8.09. The number of nitrogens with zero attached hydrogens (tertiary/aromatic N) is 4. The molecule has 1 aliphatic heterocycles. The highest BCUT2D eigenvalue weighted by Gasteiger charge is 2.43. The molecule has 0 spiro atoms. The van der Waals surface area contributed by atoms with Crippen molar-refractivity contribution in [1.29, 1.82) is 0 Å². The average Bonchev–Trinajstić information content (AvgIpc) is 3.23. The molecule has 0 saturated carbocycles. The molecule has 0 aliphatic carbocycles. The van der Waals surface area contributed by atoms with E-state index >= 15 is 0 Å². The van der Waals surface area contributed by atoms with Gasteiger partial charge in [-0.25, -0.2) is 4.98 Å². The third-order valence-electron chi connectivity index (χ3n) is 4.11. The largest absolute Gasteiger partial charge is 0.405 e. The number of aryl methyl sites for hydroxylation is 1. The molecule has 1 saturated heterocycles. The molecule has 11 heteroatoms. The average molecular weight is 388 g/mol. The molecular weight excluding hydrogens is 369 g/mol. The van der Waals surface area contributed by atoms with Crippen LogP contribution in [-0.4, -0.2) is 70.5 Å². The summed E-state index contributed by atoms with van der Waals surface area (Å²) in [4.78, 5) is 18.0. The predicted molar refractivity (Wildman–Crippen MR) is 90.9 cm³/mol. The van der Waals surface area contributed by atoms with E-state index in [1.165, 1.54) is 11.1 Å². The zero-order valence-corrected chi connectivity index (χ0v) is 14.9. The number of carbonyl (C=O) groups excluding carboxylic acids is 1. The maximum absolute atomic E-state index is 13.4. The van der Waals surface area contributed by atoms with E-state index in [0.29, 0.717) is 31.2 Å². The molecule has 0 aromatic carbocycles. The Labute approximate surface area is 152 Å². The lowest BCUT2D eigenvalue weighted by Crippen LogP contribution is -2.57. The first kappa shape index (κ1) is 18.8. The molecule has 0 radical (unpaired) electrons. The van der Waals surface area contributed by atoms with Gasteiger partial charge in [0, 0.05) is 51.5 Å². The van der Waals surface area contributed by atoms with E-state index in [1.54, 1.807) is 24.1 Å². The van der Waals surface area contributed by atoms with E-state index in [9.17, 15) is 18.0 Å². The Morgan fingerprint density at radius 1 is 1.38 bits per heavy atom. The van der Waals surface area contributed by atoms with Gasteiger partial charge in [-0.1, -0.05) is 0 Å². The van der Waals surface area contributed by atoms with E-state index in [-0.39, 0.29) is 4.88 Å². The van der Waals surface area contributed by atoms with Gasteiger partial charge in [0.05, 0.1) is 12.4 Å². The second-order valence-electron chi connectivity index (χ2n) is 5.99. The molecule has 2 aromatic rings. The lowest BCUT2D eigenvalue weighted by Gasteiger charge is -2.35. The Morgan fingerprint density at radius 3 is 2.73 bits per heavy atom. The minimum atomic E-state index is -4.40. The van der Waals surface area contributed by atoms with Crippen molar-refractivity contribution in [2.75, 3.05) is 32.7 Å². The summed E-state index contributed by atoms with van der Waals surface area (Å²) in [6, 6.07) is -1.70. The van der Waals surface area contributed by atoms with Crippen LogP contribution in [0, 0.1) is 0 Å². The van der Waals surface area contributed by atoms with Gasteiger partial charge in [-0.15, -0.1) is 11.3 Å². The van der Waals surface area contributed by atoms with Crippen LogP contribution in [0.2, 0.25) is 0 Å². The van der Waals surface area contributed by atoms with E-state index in [4.69, 9.17) is 0 Å². The first-order chi connectivity index (χ1) is 12.3. The Bertz CT molecular complexity index is 753. The second kappa shape index (κ2) is 7.72. The number of hydrogen-bond acceptors (Lipinski definition) is 6. The van der Waals surface area contributed by atoms with Crippen molar-refractivity contribution in [2.45, 2.75) is 12.2 Å². The lowest BCUT2D eigenvalue weighted by molar-refractivity contribution is -0.183. The first-order valence-corrected chi connectivity index (χ1v) is 8.91. The van der Waals surface area contributed by atoms with Crippen LogP contribution in [0.4, 0.5) is 13.2 Å². The molecule has 142 valence electrons. The smallest absolute Gasteiger partial charge is 0.349 e. The molecule has 1 unspecified atom stereocenters. The van der Waals surface area contributed by atoms with E-state index in [1.807, 2.05) is 0 Å². The topological polar surface area (TPSA) is 75.1 Å². The summed E-state index contributed by atoms with van der Waals surface area (Å²) in [6.07, 6.45) is 0.337. The van der Waals surface area contributed by atoms with Gasteiger partial charge in [0.15, 0.2) is 0 Å². The number of piperazine rings is 1. The van der Waals surface area contributed by atoms with Gasteiger partial charge in [-0.3, -0.25) is 14.4 Å². The Balaban J connectivity index is 1.64. The minimum Gasteiger partial charge on any atom is -0.349 e. The zero-order chi connectivity index (χ0) is 18.7. The van der Waals surface area contributed by atoms with E-state index in [2.05, 4.69) is 20.7 Å². The molecule has 7 nitrogen and oxygen atoms in total. The van der Waals surface area contributed by atoms with Gasteiger partial charge in [0.1, 0.15) is 15.9 Å². The molecular formula is C15H19F3N6OS. The highest BCUT2D eigenvalue weighted by molar-refractivity contribution is 7.16. The van der Waals surface area contributed by atoms with Crippen molar-refractivity contribution in [3.63, 3.8) is 0 Å². The monoisotopic (exact) mass is 388 g/mol. The molecule has 1 amide bonds. The van der Waals surface area contributed by atoms with Crippen LogP contribution in [-0.2, 0) is 7.05 Å². The van der Waals surface area contributed by atoms with Crippen molar-refractivity contribution in [1.82, 2.24) is 30.3 Å². The summed E-state index contributed by atoms with van der Waals surface area (Å²) in [7, 11) is 1.76. The Morgan fingerprint density at radius 2 is 2.12 bits per heavy atom. The van der Waals surface area contributed by atoms with Gasteiger partial charge in [0.25, 0.3) is 5.91 Å². The zero-order valence-electron chi connectivity index (χ0n) is 14.1. The van der Waals surface area contributed by atoms with Crippen molar-refractivity contribution < 1.29 is 18.0 Å². The number of aromatic nitrogens is 3. The van der Waals surface area contributed by atoms with Crippen LogP contribution < -0.4 is 10.6 Å². The number of thiazole rings is 1. The summed E-state index contributed by atoms with van der Waals surface area (Å²) in [5.41, 5.74) is 0.755. The number of amides is 1. The second-order valence-corrected chi connectivity index (χ2v) is 7.02. The van der Waals surface area contributed by atoms with Crippen molar-refractivity contribution in [3.8, 4) is 10.6 Å². The Hall–Kier alpha value is -1.98. The van der Waals surface area contributed by atoms with Gasteiger partial charge in [-0.05, 0) is 0 Å². The van der Waals surface area contributed by atoms with Gasteiger partial charge >= 0.3 is 6.18 Å². The quantitative estimate of drug-likeness (QED) is 0.803. The predicted octanol–water partition coefficient (Wildman–Crippen LogP) is 1.11. The maximum atomic E-state index is 13.4. The molecule has 0 bridgehead atoms. The molecule has 1 fully saturated rings. The summed E-state index contributed by atoms with van der Waals surface area (Å²) < 4.78 is 41.7. The number of halogens is 3. The molecule has 3 heterocycles. The van der Waals surface area contributed by atoms with Crippen LogP contribution in [0.15, 0.2) is 18.6 Å². The SMILES string of the molecule is Cn1cc(-c2ncc(C(=O)NCC(N3CCNCC3)C(F)(F)F)s2)cn1. The summed E-state index contributed by atoms with van der Waals surface area (Å²) in [5, 5.41) is 10.1. The molecule has 2 aromatic heterocycles. The lowest BCUT2D eigenvalue weighted by atomic mass is 10.2. The number of nitrogens with one attached hydrogen (secondary N) is 2. The fraction of sp³-hybridized carbons (Fsp3) is 0.533. The highest BCUT2D eigenvalue weighted by Crippen LogP contribution is 2.26. The van der Waals surface area contributed by atoms with E-state index in [0.717, 1.165) is 16.9 Å². The Kier molecular flexibility index (Phi) is 5.58.